The Kier molecular flexibility index (Phi) is 2.83. The largest absolute Gasteiger partial charge is 0.396 e. The van der Waals surface area contributed by atoms with Gasteiger partial charge >= 0.3 is 0 Å². The lowest BCUT2D eigenvalue weighted by atomic mass is 9.87. The van der Waals surface area contributed by atoms with Crippen LogP contribution in [0.3, 0.4) is 0 Å². The molecular formula is C15H22O. The highest BCUT2D eigenvalue weighted by molar-refractivity contribution is 5.44. The fraction of sp³-hybridized carbons (Fsp3) is 0.600. The van der Waals surface area contributed by atoms with Crippen LogP contribution in [-0.4, -0.2) is 11.7 Å². The summed E-state index contributed by atoms with van der Waals surface area (Å²) < 4.78 is 0. The van der Waals surface area contributed by atoms with Crippen molar-refractivity contribution in [1.82, 2.24) is 0 Å². The molecule has 16 heavy (non-hydrogen) atoms. The lowest BCUT2D eigenvalue weighted by molar-refractivity contribution is 0.211. The molecule has 2 rings (SSSR count). The Morgan fingerprint density at radius 1 is 1.06 bits per heavy atom. The predicted molar refractivity (Wildman–Crippen MR) is 67.8 cm³/mol. The lowest BCUT2D eigenvalue weighted by Crippen LogP contribution is -2.13. The van der Waals surface area contributed by atoms with Crippen molar-refractivity contribution in [2.24, 2.45) is 5.41 Å². The van der Waals surface area contributed by atoms with Gasteiger partial charge in [0.15, 0.2) is 0 Å². The number of benzene rings is 1. The summed E-state index contributed by atoms with van der Waals surface area (Å²) in [4.78, 5) is 0. The molecule has 0 bridgehead atoms. The minimum absolute atomic E-state index is 0.218. The van der Waals surface area contributed by atoms with Gasteiger partial charge in [0.2, 0.25) is 0 Å². The summed E-state index contributed by atoms with van der Waals surface area (Å²) in [5.41, 5.74) is 7.30. The van der Waals surface area contributed by atoms with Gasteiger partial charge in [0.1, 0.15) is 0 Å². The van der Waals surface area contributed by atoms with Gasteiger partial charge in [0.05, 0.1) is 0 Å². The summed E-state index contributed by atoms with van der Waals surface area (Å²) in [5.74, 6) is 0. The number of aliphatic hydroxyl groups is 1. The zero-order valence-electron chi connectivity index (χ0n) is 10.9. The Balaban J connectivity index is 2.39. The number of rotatable bonds is 3. The molecule has 1 N–H and O–H groups in total. The fourth-order valence-electron chi connectivity index (χ4n) is 2.51. The topological polar surface area (TPSA) is 20.2 Å². The van der Waals surface area contributed by atoms with Crippen molar-refractivity contribution >= 4 is 0 Å². The van der Waals surface area contributed by atoms with Crippen molar-refractivity contribution in [2.75, 3.05) is 6.61 Å². The molecule has 1 nitrogen and oxygen atoms in total. The van der Waals surface area contributed by atoms with Gasteiger partial charge in [-0.2, -0.15) is 0 Å². The lowest BCUT2D eigenvalue weighted by Gasteiger charge is -2.19. The fourth-order valence-corrected chi connectivity index (χ4v) is 2.51. The third kappa shape index (κ3) is 1.89. The first kappa shape index (κ1) is 11.7. The highest BCUT2D eigenvalue weighted by Crippen LogP contribution is 2.48. The second kappa shape index (κ2) is 3.89. The molecule has 0 amide bonds. The molecule has 1 heteroatoms. The van der Waals surface area contributed by atoms with E-state index in [1.165, 1.54) is 40.7 Å². The van der Waals surface area contributed by atoms with Crippen LogP contribution in [0.2, 0.25) is 0 Å². The van der Waals surface area contributed by atoms with E-state index in [1.807, 2.05) is 0 Å². The van der Waals surface area contributed by atoms with Crippen molar-refractivity contribution in [3.8, 4) is 0 Å². The molecule has 0 aromatic heterocycles. The molecule has 1 aliphatic carbocycles. The molecule has 0 saturated heterocycles. The van der Waals surface area contributed by atoms with Crippen molar-refractivity contribution < 1.29 is 5.11 Å². The van der Waals surface area contributed by atoms with Crippen LogP contribution in [0, 0.1) is 33.1 Å². The second-order valence-corrected chi connectivity index (χ2v) is 5.57. The van der Waals surface area contributed by atoms with E-state index in [0.29, 0.717) is 6.61 Å². The van der Waals surface area contributed by atoms with Gasteiger partial charge in [-0.3, -0.25) is 0 Å². The van der Waals surface area contributed by atoms with E-state index in [-0.39, 0.29) is 5.41 Å². The van der Waals surface area contributed by atoms with E-state index < -0.39 is 0 Å². The zero-order chi connectivity index (χ0) is 11.9. The molecule has 1 saturated carbocycles. The maximum absolute atomic E-state index is 9.44. The van der Waals surface area contributed by atoms with Crippen LogP contribution in [0.5, 0.6) is 0 Å². The normalized spacial score (nSPS) is 17.6. The predicted octanol–water partition coefficient (Wildman–Crippen LogP) is 3.24. The van der Waals surface area contributed by atoms with Crippen LogP contribution >= 0.6 is 0 Å². The monoisotopic (exact) mass is 218 g/mol. The Hall–Kier alpha value is -0.820. The van der Waals surface area contributed by atoms with Gasteiger partial charge in [0, 0.05) is 6.61 Å². The smallest absolute Gasteiger partial charge is 0.0490 e. The van der Waals surface area contributed by atoms with Gasteiger partial charge in [-0.15, -0.1) is 0 Å². The molecule has 0 atom stereocenters. The number of aryl methyl sites for hydroxylation is 2. The molecule has 0 unspecified atom stereocenters. The van der Waals surface area contributed by atoms with Crippen LogP contribution in [0.1, 0.15) is 40.7 Å². The van der Waals surface area contributed by atoms with Crippen LogP contribution in [-0.2, 0) is 6.42 Å². The van der Waals surface area contributed by atoms with Crippen LogP contribution in [0.4, 0.5) is 0 Å². The molecule has 0 aliphatic heterocycles. The summed E-state index contributed by atoms with van der Waals surface area (Å²) in [6.45, 7) is 9.14. The van der Waals surface area contributed by atoms with E-state index in [4.69, 9.17) is 0 Å². The van der Waals surface area contributed by atoms with Crippen molar-refractivity contribution in [3.05, 3.63) is 33.9 Å². The molecule has 1 fully saturated rings. The molecule has 1 aliphatic rings. The molecule has 88 valence electrons. The number of aliphatic hydroxyl groups excluding tert-OH is 1. The summed E-state index contributed by atoms with van der Waals surface area (Å²) >= 11 is 0. The first-order valence-corrected chi connectivity index (χ1v) is 6.16. The average Bonchev–Trinajstić information content (AvgIpc) is 3.02. The van der Waals surface area contributed by atoms with Crippen LogP contribution in [0.15, 0.2) is 6.07 Å². The van der Waals surface area contributed by atoms with Crippen molar-refractivity contribution in [3.63, 3.8) is 0 Å². The Morgan fingerprint density at radius 2 is 1.56 bits per heavy atom. The molecule has 0 radical (unpaired) electrons. The zero-order valence-corrected chi connectivity index (χ0v) is 10.9. The van der Waals surface area contributed by atoms with E-state index in [1.54, 1.807) is 0 Å². The minimum Gasteiger partial charge on any atom is -0.396 e. The Bertz CT molecular complexity index is 388. The molecular weight excluding hydrogens is 196 g/mol. The summed E-state index contributed by atoms with van der Waals surface area (Å²) in [6, 6.07) is 2.27. The summed E-state index contributed by atoms with van der Waals surface area (Å²) in [7, 11) is 0. The summed E-state index contributed by atoms with van der Waals surface area (Å²) in [6.07, 6.45) is 3.44. The third-order valence-corrected chi connectivity index (χ3v) is 4.37. The van der Waals surface area contributed by atoms with Gasteiger partial charge in [0.25, 0.3) is 0 Å². The van der Waals surface area contributed by atoms with E-state index in [0.717, 1.165) is 6.42 Å². The van der Waals surface area contributed by atoms with E-state index in [2.05, 4.69) is 33.8 Å². The van der Waals surface area contributed by atoms with Crippen LogP contribution < -0.4 is 0 Å². The summed E-state index contributed by atoms with van der Waals surface area (Å²) in [5, 5.41) is 9.44. The first-order chi connectivity index (χ1) is 7.49. The highest BCUT2D eigenvalue weighted by Gasteiger charge is 2.42. The van der Waals surface area contributed by atoms with Gasteiger partial charge in [-0.25, -0.2) is 0 Å². The molecule has 0 spiro atoms. The van der Waals surface area contributed by atoms with E-state index in [9.17, 15) is 5.11 Å². The third-order valence-electron chi connectivity index (χ3n) is 4.37. The highest BCUT2D eigenvalue weighted by atomic mass is 16.3. The molecule has 1 aromatic carbocycles. The SMILES string of the molecule is Cc1cc(C)c(C)c(CC2(CO)CC2)c1C. The van der Waals surface area contributed by atoms with Gasteiger partial charge < -0.3 is 5.11 Å². The first-order valence-electron chi connectivity index (χ1n) is 6.16. The molecule has 0 heterocycles. The Morgan fingerprint density at radius 3 is 1.94 bits per heavy atom. The van der Waals surface area contributed by atoms with Crippen molar-refractivity contribution in [2.45, 2.75) is 47.0 Å². The standard InChI is InChI=1S/C15H22O/c1-10-7-11(2)13(4)14(12(10)3)8-15(9-16)5-6-15/h7,16H,5-6,8-9H2,1-4H3. The van der Waals surface area contributed by atoms with E-state index >= 15 is 0 Å². The quantitative estimate of drug-likeness (QED) is 0.825. The maximum atomic E-state index is 9.44. The number of hydrogen-bond donors (Lipinski definition) is 1. The van der Waals surface area contributed by atoms with Crippen molar-refractivity contribution in [1.29, 1.82) is 0 Å². The van der Waals surface area contributed by atoms with Crippen LogP contribution in [0.25, 0.3) is 0 Å². The molecule has 1 aromatic rings. The maximum Gasteiger partial charge on any atom is 0.0490 e. The minimum atomic E-state index is 0.218. The van der Waals surface area contributed by atoms with Gasteiger partial charge in [-0.05, 0) is 80.2 Å². The number of hydrogen-bond acceptors (Lipinski definition) is 1. The second-order valence-electron chi connectivity index (χ2n) is 5.57. The average molecular weight is 218 g/mol. The van der Waals surface area contributed by atoms with Gasteiger partial charge in [-0.1, -0.05) is 6.07 Å². The Labute approximate surface area is 98.5 Å².